The molecule has 1 atom stereocenters. The standard InChI is InChI=1S/C20H23N3OS/c1-15-7-4-5-11-22(15)20(24)14-23-18-10-3-2-9-17(18)21-19(23)13-16-8-6-12-25-16/h2-3,6,8-10,12,15H,4-5,7,11,13-14H2,1H3. The molecule has 1 unspecified atom stereocenters. The molecular weight excluding hydrogens is 330 g/mol. The van der Waals surface area contributed by atoms with Gasteiger partial charge in [0.2, 0.25) is 5.91 Å². The van der Waals surface area contributed by atoms with E-state index in [4.69, 9.17) is 4.98 Å². The van der Waals surface area contributed by atoms with Crippen LogP contribution in [0.4, 0.5) is 0 Å². The number of benzene rings is 1. The summed E-state index contributed by atoms with van der Waals surface area (Å²) in [5, 5.41) is 2.09. The molecule has 1 amide bonds. The maximum Gasteiger partial charge on any atom is 0.242 e. The van der Waals surface area contributed by atoms with Crippen LogP contribution in [0.2, 0.25) is 0 Å². The average molecular weight is 353 g/mol. The number of amides is 1. The van der Waals surface area contributed by atoms with Crippen molar-refractivity contribution >= 4 is 28.3 Å². The minimum absolute atomic E-state index is 0.211. The molecular formula is C20H23N3OS. The predicted molar refractivity (Wildman–Crippen MR) is 102 cm³/mol. The summed E-state index contributed by atoms with van der Waals surface area (Å²) in [5.74, 6) is 1.18. The number of thiophene rings is 1. The molecule has 1 fully saturated rings. The molecule has 4 nitrogen and oxygen atoms in total. The van der Waals surface area contributed by atoms with Crippen molar-refractivity contribution in [3.63, 3.8) is 0 Å². The van der Waals surface area contributed by atoms with Crippen molar-refractivity contribution in [2.24, 2.45) is 0 Å². The number of hydrogen-bond acceptors (Lipinski definition) is 3. The molecule has 130 valence electrons. The van der Waals surface area contributed by atoms with E-state index in [1.54, 1.807) is 11.3 Å². The van der Waals surface area contributed by atoms with E-state index in [1.807, 2.05) is 23.1 Å². The average Bonchev–Trinajstić information content (AvgIpc) is 3.24. The molecule has 0 N–H and O–H groups in total. The molecule has 0 spiro atoms. The lowest BCUT2D eigenvalue weighted by Crippen LogP contribution is -2.43. The van der Waals surface area contributed by atoms with Crippen LogP contribution in [0.25, 0.3) is 11.0 Å². The third-order valence-corrected chi connectivity index (χ3v) is 5.94. The Bertz CT molecular complexity index is 868. The highest BCUT2D eigenvalue weighted by Crippen LogP contribution is 2.22. The van der Waals surface area contributed by atoms with Crippen molar-refractivity contribution in [3.8, 4) is 0 Å². The molecule has 2 aromatic heterocycles. The first-order chi connectivity index (χ1) is 12.2. The van der Waals surface area contributed by atoms with Crippen LogP contribution in [0, 0.1) is 0 Å². The van der Waals surface area contributed by atoms with Gasteiger partial charge >= 0.3 is 0 Å². The number of carbonyl (C=O) groups excluding carboxylic acids is 1. The van der Waals surface area contributed by atoms with Crippen molar-refractivity contribution in [1.82, 2.24) is 14.5 Å². The highest BCUT2D eigenvalue weighted by molar-refractivity contribution is 7.09. The van der Waals surface area contributed by atoms with Crippen molar-refractivity contribution < 1.29 is 4.79 Å². The normalized spacial score (nSPS) is 18.0. The molecule has 1 aliphatic heterocycles. The summed E-state index contributed by atoms with van der Waals surface area (Å²) in [5.41, 5.74) is 2.01. The van der Waals surface area contributed by atoms with Crippen LogP contribution in [-0.2, 0) is 17.8 Å². The van der Waals surface area contributed by atoms with Gasteiger partial charge in [0.25, 0.3) is 0 Å². The highest BCUT2D eigenvalue weighted by Gasteiger charge is 2.24. The summed E-state index contributed by atoms with van der Waals surface area (Å²) in [6.07, 6.45) is 4.22. The second-order valence-corrected chi connectivity index (χ2v) is 7.82. The molecule has 0 saturated carbocycles. The third-order valence-electron chi connectivity index (χ3n) is 5.06. The first-order valence-electron chi connectivity index (χ1n) is 8.98. The molecule has 1 aromatic carbocycles. The lowest BCUT2D eigenvalue weighted by Gasteiger charge is -2.33. The van der Waals surface area contributed by atoms with Gasteiger partial charge in [-0.3, -0.25) is 4.79 Å². The number of aromatic nitrogens is 2. The molecule has 1 aliphatic rings. The van der Waals surface area contributed by atoms with Gasteiger partial charge in [-0.2, -0.15) is 0 Å². The van der Waals surface area contributed by atoms with Crippen LogP contribution in [0.15, 0.2) is 41.8 Å². The SMILES string of the molecule is CC1CCCCN1C(=O)Cn1c(Cc2cccs2)nc2ccccc21. The Labute approximate surface area is 152 Å². The minimum Gasteiger partial charge on any atom is -0.338 e. The van der Waals surface area contributed by atoms with Crippen LogP contribution in [0.3, 0.4) is 0 Å². The van der Waals surface area contributed by atoms with Crippen LogP contribution in [0.5, 0.6) is 0 Å². The van der Waals surface area contributed by atoms with Gasteiger partial charge in [-0.25, -0.2) is 4.98 Å². The van der Waals surface area contributed by atoms with E-state index in [1.165, 1.54) is 11.3 Å². The number of imidazole rings is 1. The molecule has 3 heterocycles. The van der Waals surface area contributed by atoms with E-state index in [9.17, 15) is 4.79 Å². The van der Waals surface area contributed by atoms with E-state index in [2.05, 4.69) is 35.1 Å². The molecule has 3 aromatic rings. The van der Waals surface area contributed by atoms with Crippen molar-refractivity contribution in [3.05, 3.63) is 52.5 Å². The van der Waals surface area contributed by atoms with E-state index in [0.717, 1.165) is 42.7 Å². The van der Waals surface area contributed by atoms with E-state index in [-0.39, 0.29) is 5.91 Å². The quantitative estimate of drug-likeness (QED) is 0.708. The summed E-state index contributed by atoms with van der Waals surface area (Å²) in [4.78, 5) is 21.1. The van der Waals surface area contributed by atoms with Gasteiger partial charge in [0.15, 0.2) is 0 Å². The first kappa shape index (κ1) is 16.3. The molecule has 25 heavy (non-hydrogen) atoms. The van der Waals surface area contributed by atoms with Crippen LogP contribution in [-0.4, -0.2) is 32.9 Å². The van der Waals surface area contributed by atoms with Gasteiger partial charge in [0.05, 0.1) is 11.0 Å². The number of nitrogens with zero attached hydrogens (tertiary/aromatic N) is 3. The Kier molecular flexibility index (Phi) is 4.57. The molecule has 5 heteroatoms. The van der Waals surface area contributed by atoms with Crippen LogP contribution >= 0.6 is 11.3 Å². The molecule has 0 radical (unpaired) electrons. The molecule has 0 bridgehead atoms. The zero-order chi connectivity index (χ0) is 17.2. The zero-order valence-electron chi connectivity index (χ0n) is 14.5. The second-order valence-electron chi connectivity index (χ2n) is 6.79. The third kappa shape index (κ3) is 3.33. The lowest BCUT2D eigenvalue weighted by molar-refractivity contribution is -0.135. The smallest absolute Gasteiger partial charge is 0.242 e. The van der Waals surface area contributed by atoms with Gasteiger partial charge in [0.1, 0.15) is 12.4 Å². The largest absolute Gasteiger partial charge is 0.338 e. The number of fused-ring (bicyclic) bond motifs is 1. The molecule has 4 rings (SSSR count). The van der Waals surface area contributed by atoms with E-state index < -0.39 is 0 Å². The van der Waals surface area contributed by atoms with Crippen LogP contribution in [0.1, 0.15) is 36.9 Å². The van der Waals surface area contributed by atoms with Crippen molar-refractivity contribution in [1.29, 1.82) is 0 Å². The predicted octanol–water partition coefficient (Wildman–Crippen LogP) is 4.09. The van der Waals surface area contributed by atoms with Gasteiger partial charge in [-0.1, -0.05) is 18.2 Å². The zero-order valence-corrected chi connectivity index (χ0v) is 15.3. The first-order valence-corrected chi connectivity index (χ1v) is 9.86. The number of rotatable bonds is 4. The van der Waals surface area contributed by atoms with Gasteiger partial charge in [-0.05, 0) is 49.8 Å². The summed E-state index contributed by atoms with van der Waals surface area (Å²) in [7, 11) is 0. The Morgan fingerprint density at radius 3 is 2.92 bits per heavy atom. The van der Waals surface area contributed by atoms with Crippen molar-refractivity contribution in [2.75, 3.05) is 6.54 Å². The Morgan fingerprint density at radius 1 is 1.24 bits per heavy atom. The number of piperidine rings is 1. The number of carbonyl (C=O) groups is 1. The monoisotopic (exact) mass is 353 g/mol. The van der Waals surface area contributed by atoms with E-state index in [0.29, 0.717) is 12.6 Å². The fraction of sp³-hybridized carbons (Fsp3) is 0.400. The highest BCUT2D eigenvalue weighted by atomic mass is 32.1. The van der Waals surface area contributed by atoms with Crippen molar-refractivity contribution in [2.45, 2.75) is 45.2 Å². The topological polar surface area (TPSA) is 38.1 Å². The summed E-state index contributed by atoms with van der Waals surface area (Å²) >= 11 is 1.74. The minimum atomic E-state index is 0.211. The second kappa shape index (κ2) is 7.00. The molecule has 1 saturated heterocycles. The van der Waals surface area contributed by atoms with Gasteiger partial charge in [0, 0.05) is 23.9 Å². The number of likely N-dealkylation sites (tertiary alicyclic amines) is 1. The summed E-state index contributed by atoms with van der Waals surface area (Å²) < 4.78 is 2.11. The summed E-state index contributed by atoms with van der Waals surface area (Å²) in [6.45, 7) is 3.42. The fourth-order valence-corrected chi connectivity index (χ4v) is 4.40. The molecule has 0 aliphatic carbocycles. The van der Waals surface area contributed by atoms with Crippen LogP contribution < -0.4 is 0 Å². The Hall–Kier alpha value is -2.14. The van der Waals surface area contributed by atoms with Gasteiger partial charge < -0.3 is 9.47 Å². The number of para-hydroxylation sites is 2. The Balaban J connectivity index is 1.66. The van der Waals surface area contributed by atoms with E-state index >= 15 is 0 Å². The summed E-state index contributed by atoms with van der Waals surface area (Å²) in [6, 6.07) is 12.6. The van der Waals surface area contributed by atoms with Gasteiger partial charge in [-0.15, -0.1) is 11.3 Å². The lowest BCUT2D eigenvalue weighted by atomic mass is 10.0. The fourth-order valence-electron chi connectivity index (χ4n) is 3.70. The number of hydrogen-bond donors (Lipinski definition) is 0. The maximum absolute atomic E-state index is 13.0. The Morgan fingerprint density at radius 2 is 2.12 bits per heavy atom. The maximum atomic E-state index is 13.0.